The highest BCUT2D eigenvalue weighted by Gasteiger charge is 2.13. The van der Waals surface area contributed by atoms with Crippen LogP contribution in [0.3, 0.4) is 0 Å². The molecule has 106 valence electrons. The fourth-order valence-electron chi connectivity index (χ4n) is 1.86. The monoisotopic (exact) mass is 283 g/mol. The summed E-state index contributed by atoms with van der Waals surface area (Å²) >= 11 is 0. The summed E-state index contributed by atoms with van der Waals surface area (Å²) in [5, 5.41) is 13.1. The molecule has 2 heterocycles. The first-order valence-electron chi connectivity index (χ1n) is 6.47. The molecule has 21 heavy (non-hydrogen) atoms. The lowest BCUT2D eigenvalue weighted by atomic mass is 10.1. The van der Waals surface area contributed by atoms with Crippen LogP contribution in [0.15, 0.2) is 47.2 Å². The molecule has 0 aliphatic carbocycles. The van der Waals surface area contributed by atoms with Crippen molar-refractivity contribution in [2.75, 3.05) is 6.54 Å². The Bertz CT molecular complexity index is 706. The molecule has 0 aliphatic rings. The van der Waals surface area contributed by atoms with Crippen LogP contribution in [-0.2, 0) is 6.42 Å². The predicted molar refractivity (Wildman–Crippen MR) is 74.4 cm³/mol. The number of H-pyrrole nitrogens is 1. The maximum Gasteiger partial charge on any atom is 0.289 e. The van der Waals surface area contributed by atoms with E-state index in [2.05, 4.69) is 25.7 Å². The summed E-state index contributed by atoms with van der Waals surface area (Å²) in [5.41, 5.74) is 1.54. The highest BCUT2D eigenvalue weighted by atomic mass is 16.5. The number of amides is 1. The van der Waals surface area contributed by atoms with E-state index in [9.17, 15) is 4.79 Å². The molecule has 0 spiro atoms. The van der Waals surface area contributed by atoms with Gasteiger partial charge in [-0.25, -0.2) is 4.98 Å². The quantitative estimate of drug-likeness (QED) is 0.738. The molecular formula is C14H13N5O2. The zero-order valence-corrected chi connectivity index (χ0v) is 11.1. The third-order valence-corrected chi connectivity index (χ3v) is 2.92. The fourth-order valence-corrected chi connectivity index (χ4v) is 1.86. The van der Waals surface area contributed by atoms with Crippen LogP contribution in [0.4, 0.5) is 0 Å². The number of carbonyl (C=O) groups is 1. The molecule has 0 atom stereocenters. The van der Waals surface area contributed by atoms with Gasteiger partial charge in [0.2, 0.25) is 5.76 Å². The number of hydrogen-bond donors (Lipinski definition) is 2. The van der Waals surface area contributed by atoms with Gasteiger partial charge in [0.15, 0.2) is 0 Å². The van der Waals surface area contributed by atoms with Gasteiger partial charge < -0.3 is 9.84 Å². The SMILES string of the molecule is O=C(NCCc1ncn[nH]1)c1cc(-c2ccccc2)no1. The molecule has 0 radical (unpaired) electrons. The third-order valence-electron chi connectivity index (χ3n) is 2.92. The van der Waals surface area contributed by atoms with Gasteiger partial charge in [-0.15, -0.1) is 0 Å². The zero-order chi connectivity index (χ0) is 14.5. The Balaban J connectivity index is 1.59. The van der Waals surface area contributed by atoms with Gasteiger partial charge in [0.25, 0.3) is 5.91 Å². The summed E-state index contributed by atoms with van der Waals surface area (Å²) in [7, 11) is 0. The molecule has 0 aliphatic heterocycles. The average Bonchev–Trinajstić information content (AvgIpc) is 3.20. The number of nitrogens with zero attached hydrogens (tertiary/aromatic N) is 3. The molecule has 3 aromatic rings. The predicted octanol–water partition coefficient (Wildman–Crippen LogP) is 1.43. The minimum atomic E-state index is -0.302. The zero-order valence-electron chi connectivity index (χ0n) is 11.1. The Morgan fingerprint density at radius 2 is 2.14 bits per heavy atom. The first-order chi connectivity index (χ1) is 10.3. The van der Waals surface area contributed by atoms with Crippen LogP contribution in [0.25, 0.3) is 11.3 Å². The lowest BCUT2D eigenvalue weighted by Crippen LogP contribution is -2.25. The molecule has 7 heteroatoms. The molecule has 1 amide bonds. The summed E-state index contributed by atoms with van der Waals surface area (Å²) in [6.07, 6.45) is 2.01. The lowest BCUT2D eigenvalue weighted by molar-refractivity contribution is 0.0917. The van der Waals surface area contributed by atoms with Gasteiger partial charge in [0.05, 0.1) is 0 Å². The van der Waals surface area contributed by atoms with E-state index in [-0.39, 0.29) is 11.7 Å². The second kappa shape index (κ2) is 6.00. The molecule has 0 saturated carbocycles. The molecule has 0 saturated heterocycles. The molecule has 2 N–H and O–H groups in total. The Morgan fingerprint density at radius 1 is 1.29 bits per heavy atom. The maximum atomic E-state index is 11.9. The standard InChI is InChI=1S/C14H13N5O2/c20-14(15-7-6-13-16-9-17-18-13)12-8-11(19-21-12)10-4-2-1-3-5-10/h1-5,8-9H,6-7H2,(H,15,20)(H,16,17,18). The van der Waals surface area contributed by atoms with E-state index in [0.717, 1.165) is 11.4 Å². The normalized spacial score (nSPS) is 10.5. The second-order valence-corrected chi connectivity index (χ2v) is 4.38. The van der Waals surface area contributed by atoms with E-state index in [1.165, 1.54) is 6.33 Å². The van der Waals surface area contributed by atoms with Crippen LogP contribution in [0.2, 0.25) is 0 Å². The van der Waals surface area contributed by atoms with Gasteiger partial charge >= 0.3 is 0 Å². The third kappa shape index (κ3) is 3.14. The van der Waals surface area contributed by atoms with Gasteiger partial charge in [0.1, 0.15) is 17.8 Å². The highest BCUT2D eigenvalue weighted by Crippen LogP contribution is 2.18. The van der Waals surface area contributed by atoms with Crippen molar-refractivity contribution in [3.8, 4) is 11.3 Å². The first kappa shape index (κ1) is 13.0. The van der Waals surface area contributed by atoms with E-state index in [4.69, 9.17) is 4.52 Å². The van der Waals surface area contributed by atoms with Crippen LogP contribution in [0.5, 0.6) is 0 Å². The number of carbonyl (C=O) groups excluding carboxylic acids is 1. The highest BCUT2D eigenvalue weighted by molar-refractivity contribution is 5.92. The van der Waals surface area contributed by atoms with E-state index >= 15 is 0 Å². The first-order valence-corrected chi connectivity index (χ1v) is 6.47. The molecule has 0 bridgehead atoms. The Kier molecular flexibility index (Phi) is 3.72. The molecule has 0 unspecified atom stereocenters. The largest absolute Gasteiger partial charge is 0.350 e. The lowest BCUT2D eigenvalue weighted by Gasteiger charge is -1.99. The van der Waals surface area contributed by atoms with Gasteiger partial charge in [0, 0.05) is 24.6 Å². The molecule has 0 fully saturated rings. The summed E-state index contributed by atoms with van der Waals surface area (Å²) in [6.45, 7) is 0.440. The number of benzene rings is 1. The Hall–Kier alpha value is -2.96. The van der Waals surface area contributed by atoms with Crippen LogP contribution < -0.4 is 5.32 Å². The smallest absolute Gasteiger partial charge is 0.289 e. The molecule has 2 aromatic heterocycles. The van der Waals surface area contributed by atoms with Crippen LogP contribution in [0.1, 0.15) is 16.4 Å². The van der Waals surface area contributed by atoms with Crippen LogP contribution in [-0.4, -0.2) is 32.8 Å². The van der Waals surface area contributed by atoms with Crippen LogP contribution in [0, 0.1) is 0 Å². The van der Waals surface area contributed by atoms with Gasteiger partial charge in [-0.05, 0) is 0 Å². The van der Waals surface area contributed by atoms with E-state index in [0.29, 0.717) is 18.7 Å². The van der Waals surface area contributed by atoms with Crippen molar-refractivity contribution in [3.05, 3.63) is 54.3 Å². The van der Waals surface area contributed by atoms with Crippen LogP contribution >= 0.6 is 0 Å². The molecule has 1 aromatic carbocycles. The summed E-state index contributed by atoms with van der Waals surface area (Å²) in [6, 6.07) is 11.2. The average molecular weight is 283 g/mol. The Labute approximate surface area is 120 Å². The topological polar surface area (TPSA) is 96.7 Å². The maximum absolute atomic E-state index is 11.9. The van der Waals surface area contributed by atoms with Gasteiger partial charge in [-0.3, -0.25) is 9.89 Å². The Morgan fingerprint density at radius 3 is 2.90 bits per heavy atom. The van der Waals surface area contributed by atoms with Crippen molar-refractivity contribution >= 4 is 5.91 Å². The fraction of sp³-hybridized carbons (Fsp3) is 0.143. The van der Waals surface area contributed by atoms with Crippen molar-refractivity contribution in [3.63, 3.8) is 0 Å². The van der Waals surface area contributed by atoms with Crippen molar-refractivity contribution in [1.29, 1.82) is 0 Å². The molecular weight excluding hydrogens is 270 g/mol. The number of aromatic amines is 1. The number of rotatable bonds is 5. The molecule has 7 nitrogen and oxygen atoms in total. The summed E-state index contributed by atoms with van der Waals surface area (Å²) in [4.78, 5) is 15.9. The number of nitrogens with one attached hydrogen (secondary N) is 2. The minimum Gasteiger partial charge on any atom is -0.350 e. The van der Waals surface area contributed by atoms with E-state index in [1.807, 2.05) is 30.3 Å². The number of hydrogen-bond acceptors (Lipinski definition) is 5. The van der Waals surface area contributed by atoms with Crippen molar-refractivity contribution in [2.24, 2.45) is 0 Å². The minimum absolute atomic E-state index is 0.187. The molecule has 3 rings (SSSR count). The van der Waals surface area contributed by atoms with Gasteiger partial charge in [-0.2, -0.15) is 5.10 Å². The van der Waals surface area contributed by atoms with E-state index < -0.39 is 0 Å². The summed E-state index contributed by atoms with van der Waals surface area (Å²) in [5.74, 6) is 0.605. The van der Waals surface area contributed by atoms with Gasteiger partial charge in [-0.1, -0.05) is 35.5 Å². The van der Waals surface area contributed by atoms with Crippen molar-refractivity contribution < 1.29 is 9.32 Å². The van der Waals surface area contributed by atoms with E-state index in [1.54, 1.807) is 6.07 Å². The summed E-state index contributed by atoms with van der Waals surface area (Å²) < 4.78 is 5.07. The van der Waals surface area contributed by atoms with Crippen molar-refractivity contribution in [2.45, 2.75) is 6.42 Å². The van der Waals surface area contributed by atoms with Crippen molar-refractivity contribution in [1.82, 2.24) is 25.7 Å². The number of aromatic nitrogens is 4. The second-order valence-electron chi connectivity index (χ2n) is 4.38.